The molecule has 1 fully saturated rings. The van der Waals surface area contributed by atoms with Crippen molar-refractivity contribution in [2.24, 2.45) is 11.8 Å². The Balaban J connectivity index is 1.61. The lowest BCUT2D eigenvalue weighted by Crippen LogP contribution is -2.45. The Morgan fingerprint density at radius 2 is 1.47 bits per heavy atom. The van der Waals surface area contributed by atoms with Crippen LogP contribution in [0.15, 0.2) is 30.3 Å². The highest BCUT2D eigenvalue weighted by Gasteiger charge is 2.39. The third-order valence-electron chi connectivity index (χ3n) is 6.50. The highest BCUT2D eigenvalue weighted by Crippen LogP contribution is 2.34. The molecule has 1 aliphatic carbocycles. The van der Waals surface area contributed by atoms with Crippen LogP contribution in [0.4, 0.5) is 0 Å². The topological polar surface area (TPSA) is 74.2 Å². The van der Waals surface area contributed by atoms with Crippen molar-refractivity contribution in [2.45, 2.75) is 78.2 Å². The van der Waals surface area contributed by atoms with Crippen LogP contribution in [0, 0.1) is 11.8 Å². The Hall–Kier alpha value is -1.67. The average Bonchev–Trinajstić information content (AvgIpc) is 2.83. The van der Waals surface area contributed by atoms with Crippen molar-refractivity contribution in [1.82, 2.24) is 0 Å². The van der Waals surface area contributed by atoms with E-state index in [2.05, 4.69) is 0 Å². The molecule has 0 aliphatic heterocycles. The summed E-state index contributed by atoms with van der Waals surface area (Å²) >= 11 is 0. The summed E-state index contributed by atoms with van der Waals surface area (Å²) in [4.78, 5) is 10.6. The fourth-order valence-corrected chi connectivity index (χ4v) is 7.46. The van der Waals surface area contributed by atoms with Gasteiger partial charge in [-0.3, -0.25) is 0 Å². The molecule has 7 heteroatoms. The summed E-state index contributed by atoms with van der Waals surface area (Å²) in [6, 6.07) is 8.48. The summed E-state index contributed by atoms with van der Waals surface area (Å²) in [5.41, 5.74) is 0.856. The van der Waals surface area contributed by atoms with Crippen molar-refractivity contribution in [3.63, 3.8) is 0 Å². The Kier molecular flexibility index (Phi) is 13.5. The summed E-state index contributed by atoms with van der Waals surface area (Å²) in [5.74, 6) is 1.49. The van der Waals surface area contributed by atoms with Crippen molar-refractivity contribution >= 4 is 20.8 Å². The summed E-state index contributed by atoms with van der Waals surface area (Å²) < 4.78 is 23.8. The number of unbranched alkanes of at least 4 members (excludes halogenated alkanes) is 1. The normalized spacial score (nSPS) is 18.9. The molecule has 0 bridgehead atoms. The maximum atomic E-state index is 10.6. The Morgan fingerprint density at radius 3 is 2.00 bits per heavy atom. The molecular weight excluding hydrogens is 448 g/mol. The zero-order valence-corrected chi connectivity index (χ0v) is 22.3. The molecule has 0 aromatic heterocycles. The maximum absolute atomic E-state index is 10.6. The molecule has 0 atom stereocenters. The van der Waals surface area contributed by atoms with E-state index in [9.17, 15) is 4.79 Å². The monoisotopic (exact) mass is 492 g/mol. The van der Waals surface area contributed by atoms with Gasteiger partial charge in [0.2, 0.25) is 0 Å². The molecular formula is C27H44O6Si. The van der Waals surface area contributed by atoms with E-state index in [1.165, 1.54) is 38.5 Å². The van der Waals surface area contributed by atoms with Crippen LogP contribution in [-0.4, -0.2) is 46.3 Å². The molecule has 1 aromatic carbocycles. The number of hydrogen-bond donors (Lipinski definition) is 1. The second-order valence-corrected chi connectivity index (χ2v) is 11.7. The first kappa shape index (κ1) is 28.6. The first-order chi connectivity index (χ1) is 16.5. The molecule has 0 saturated heterocycles. The highest BCUT2D eigenvalue weighted by atomic mass is 28.4. The second kappa shape index (κ2) is 16.1. The molecule has 1 aliphatic rings. The molecule has 6 nitrogen and oxygen atoms in total. The van der Waals surface area contributed by atoms with Gasteiger partial charge in [0.15, 0.2) is 0 Å². The predicted octanol–water partition coefficient (Wildman–Crippen LogP) is 6.58. The lowest BCUT2D eigenvalue weighted by Gasteiger charge is -2.30. The zero-order valence-electron chi connectivity index (χ0n) is 21.3. The smallest absolute Gasteiger partial charge is 0.494 e. The van der Waals surface area contributed by atoms with Gasteiger partial charge in [-0.05, 0) is 69.2 Å². The van der Waals surface area contributed by atoms with E-state index in [0.29, 0.717) is 19.8 Å². The number of carboxylic acids is 1. The second-order valence-electron chi connectivity index (χ2n) is 8.99. The molecule has 2 rings (SSSR count). The van der Waals surface area contributed by atoms with Gasteiger partial charge in [0.25, 0.3) is 0 Å². The predicted molar refractivity (Wildman–Crippen MR) is 138 cm³/mol. The van der Waals surface area contributed by atoms with Gasteiger partial charge in [-0.25, -0.2) is 4.79 Å². The minimum absolute atomic E-state index is 0.648. The lowest BCUT2D eigenvalue weighted by molar-refractivity contribution is -0.131. The van der Waals surface area contributed by atoms with Gasteiger partial charge in [-0.2, -0.15) is 0 Å². The molecule has 0 unspecified atom stereocenters. The molecule has 0 amide bonds. The molecule has 34 heavy (non-hydrogen) atoms. The molecule has 0 radical (unpaired) electrons. The van der Waals surface area contributed by atoms with Gasteiger partial charge < -0.3 is 23.1 Å². The van der Waals surface area contributed by atoms with Crippen LogP contribution >= 0.6 is 0 Å². The first-order valence-corrected chi connectivity index (χ1v) is 15.0. The lowest BCUT2D eigenvalue weighted by atomic mass is 9.79. The minimum Gasteiger partial charge on any atom is -0.494 e. The fourth-order valence-electron chi connectivity index (χ4n) is 4.77. The van der Waals surface area contributed by atoms with Crippen molar-refractivity contribution in [1.29, 1.82) is 0 Å². The number of ether oxygens (including phenoxy) is 1. The molecule has 1 aromatic rings. The Labute approximate surface area is 207 Å². The third kappa shape index (κ3) is 10.7. The quantitative estimate of drug-likeness (QED) is 0.150. The van der Waals surface area contributed by atoms with Gasteiger partial charge in [0.05, 0.1) is 6.61 Å². The highest BCUT2D eigenvalue weighted by molar-refractivity contribution is 6.60. The number of aliphatic carboxylic acids is 1. The van der Waals surface area contributed by atoms with Crippen LogP contribution in [0.5, 0.6) is 5.75 Å². The van der Waals surface area contributed by atoms with E-state index in [-0.39, 0.29) is 0 Å². The van der Waals surface area contributed by atoms with Crippen molar-refractivity contribution in [3.05, 3.63) is 35.9 Å². The Bertz CT molecular complexity index is 695. The number of benzene rings is 1. The first-order valence-electron chi connectivity index (χ1n) is 13.1. The third-order valence-corrected chi connectivity index (χ3v) is 9.65. The number of carboxylic acid groups (broad SMARTS) is 1. The van der Waals surface area contributed by atoms with E-state index in [0.717, 1.165) is 54.7 Å². The van der Waals surface area contributed by atoms with Crippen molar-refractivity contribution in [3.8, 4) is 5.75 Å². The zero-order chi connectivity index (χ0) is 24.7. The number of rotatable bonds is 17. The fraction of sp³-hybridized carbons (Fsp3) is 0.667. The number of carbonyl (C=O) groups is 1. The molecule has 0 heterocycles. The molecule has 1 saturated carbocycles. The van der Waals surface area contributed by atoms with Gasteiger partial charge >= 0.3 is 14.8 Å². The largest absolute Gasteiger partial charge is 0.500 e. The van der Waals surface area contributed by atoms with Crippen LogP contribution in [0.25, 0.3) is 6.08 Å². The molecule has 1 N–H and O–H groups in total. The summed E-state index contributed by atoms with van der Waals surface area (Å²) in [6.45, 7) is 8.73. The molecule has 0 spiro atoms. The summed E-state index contributed by atoms with van der Waals surface area (Å²) in [5, 5.41) is 8.70. The van der Waals surface area contributed by atoms with Crippen LogP contribution in [0.1, 0.15) is 77.7 Å². The van der Waals surface area contributed by atoms with E-state index < -0.39 is 14.8 Å². The van der Waals surface area contributed by atoms with Crippen LogP contribution in [-0.2, 0) is 18.1 Å². The summed E-state index contributed by atoms with van der Waals surface area (Å²) in [6.07, 6.45) is 12.7. The van der Waals surface area contributed by atoms with Crippen LogP contribution in [0.3, 0.4) is 0 Å². The van der Waals surface area contributed by atoms with Gasteiger partial charge in [0.1, 0.15) is 5.75 Å². The van der Waals surface area contributed by atoms with Crippen LogP contribution in [0.2, 0.25) is 6.04 Å². The van der Waals surface area contributed by atoms with Gasteiger partial charge in [0, 0.05) is 31.9 Å². The van der Waals surface area contributed by atoms with E-state index in [4.69, 9.17) is 23.1 Å². The van der Waals surface area contributed by atoms with Crippen LogP contribution < -0.4 is 4.74 Å². The van der Waals surface area contributed by atoms with Crippen molar-refractivity contribution < 1.29 is 27.9 Å². The maximum Gasteiger partial charge on any atom is 0.500 e. The molecule has 192 valence electrons. The number of hydrogen-bond acceptors (Lipinski definition) is 5. The Morgan fingerprint density at radius 1 is 0.912 bits per heavy atom. The SMILES string of the molecule is CCO[Si](CCCC[C@H]1CC[C@H](CCOc2ccc(/C=C/C(=O)O)cc2)CC1)(OCC)OCC. The van der Waals surface area contributed by atoms with Crippen molar-refractivity contribution in [2.75, 3.05) is 26.4 Å². The van der Waals surface area contributed by atoms with E-state index in [1.807, 2.05) is 45.0 Å². The van der Waals surface area contributed by atoms with Gasteiger partial charge in [-0.1, -0.05) is 50.7 Å². The minimum atomic E-state index is -2.49. The standard InChI is InChI=1S/C27H44O6Si/c1-4-31-34(32-5-2,33-6-3)22-8-7-9-23-10-12-25(13-11-23)20-21-30-26-17-14-24(15-18-26)16-19-27(28)29/h14-19,23,25H,4-13,20-22H2,1-3H3,(H,28,29)/b19-16+/t23-,25-. The van der Waals surface area contributed by atoms with E-state index in [1.54, 1.807) is 6.08 Å². The van der Waals surface area contributed by atoms with Gasteiger partial charge in [-0.15, -0.1) is 0 Å². The average molecular weight is 493 g/mol. The summed E-state index contributed by atoms with van der Waals surface area (Å²) in [7, 11) is -2.49. The van der Waals surface area contributed by atoms with E-state index >= 15 is 0 Å².